The molecule has 0 spiro atoms. The molecule has 0 radical (unpaired) electrons. The summed E-state index contributed by atoms with van der Waals surface area (Å²) in [6, 6.07) is 7.96. The van der Waals surface area contributed by atoms with Gasteiger partial charge in [0.1, 0.15) is 6.61 Å². The Morgan fingerprint density at radius 1 is 1.04 bits per heavy atom. The molecule has 1 aliphatic heterocycles. The number of hydrogen-bond acceptors (Lipinski definition) is 3. The summed E-state index contributed by atoms with van der Waals surface area (Å²) in [4.78, 5) is 1.90. The van der Waals surface area contributed by atoms with E-state index in [1.54, 1.807) is 6.07 Å². The summed E-state index contributed by atoms with van der Waals surface area (Å²) in [5.74, 6) is -2.39. The molecule has 0 amide bonds. The van der Waals surface area contributed by atoms with E-state index in [1.807, 2.05) is 4.90 Å². The predicted molar refractivity (Wildman–Crippen MR) is 79.9 cm³/mol. The van der Waals surface area contributed by atoms with Crippen LogP contribution in [0.3, 0.4) is 0 Å². The van der Waals surface area contributed by atoms with Crippen molar-refractivity contribution in [2.75, 3.05) is 18.0 Å². The lowest BCUT2D eigenvalue weighted by Crippen LogP contribution is -2.21. The van der Waals surface area contributed by atoms with Gasteiger partial charge in [-0.2, -0.15) is 0 Å². The average Bonchev–Trinajstić information content (AvgIpc) is 2.96. The normalized spacial score (nSPS) is 17.6. The first-order valence-corrected chi connectivity index (χ1v) is 7.32. The number of β-amino-alcohol motifs (C(OH)–C–C–N with tert-alkyl or cyclic N) is 1. The fourth-order valence-corrected chi connectivity index (χ4v) is 2.57. The molecule has 0 aromatic heterocycles. The van der Waals surface area contributed by atoms with Crippen LogP contribution in [0.5, 0.6) is 5.75 Å². The number of aliphatic hydroxyl groups excluding tert-OH is 1. The van der Waals surface area contributed by atoms with Crippen molar-refractivity contribution in [3.05, 3.63) is 59.4 Å². The number of benzene rings is 2. The van der Waals surface area contributed by atoms with E-state index in [9.17, 15) is 18.3 Å². The highest BCUT2D eigenvalue weighted by atomic mass is 19.2. The Bertz CT molecular complexity index is 708. The second-order valence-electron chi connectivity index (χ2n) is 5.54. The summed E-state index contributed by atoms with van der Waals surface area (Å²) < 4.78 is 45.4. The van der Waals surface area contributed by atoms with E-state index in [0.29, 0.717) is 30.8 Å². The lowest BCUT2D eigenvalue weighted by molar-refractivity contribution is 0.198. The van der Waals surface area contributed by atoms with Gasteiger partial charge in [0.2, 0.25) is 0 Å². The van der Waals surface area contributed by atoms with Crippen LogP contribution in [0.4, 0.5) is 18.9 Å². The number of halogens is 3. The number of ether oxygens (including phenoxy) is 1. The first-order chi connectivity index (χ1) is 11.0. The monoisotopic (exact) mass is 323 g/mol. The molecule has 122 valence electrons. The number of rotatable bonds is 4. The Hall–Kier alpha value is -2.21. The molecular weight excluding hydrogens is 307 g/mol. The SMILES string of the molecule is O[C@@H]1CCN(c2ccc(OCc3ccc(F)c(F)c3)c(F)c2)C1. The third kappa shape index (κ3) is 3.59. The van der Waals surface area contributed by atoms with Gasteiger partial charge in [0, 0.05) is 24.8 Å². The summed E-state index contributed by atoms with van der Waals surface area (Å²) in [5, 5.41) is 9.52. The maximum Gasteiger partial charge on any atom is 0.167 e. The summed E-state index contributed by atoms with van der Waals surface area (Å²) in [6.07, 6.45) is 0.276. The van der Waals surface area contributed by atoms with E-state index >= 15 is 0 Å². The Morgan fingerprint density at radius 3 is 2.52 bits per heavy atom. The van der Waals surface area contributed by atoms with Gasteiger partial charge < -0.3 is 14.7 Å². The zero-order valence-electron chi connectivity index (χ0n) is 12.3. The van der Waals surface area contributed by atoms with Crippen LogP contribution in [-0.4, -0.2) is 24.3 Å². The van der Waals surface area contributed by atoms with Gasteiger partial charge in [0.05, 0.1) is 6.10 Å². The second-order valence-corrected chi connectivity index (χ2v) is 5.54. The third-order valence-corrected chi connectivity index (χ3v) is 3.82. The molecule has 1 heterocycles. The highest BCUT2D eigenvalue weighted by molar-refractivity contribution is 5.50. The van der Waals surface area contributed by atoms with E-state index in [4.69, 9.17) is 4.74 Å². The van der Waals surface area contributed by atoms with Crippen molar-refractivity contribution in [1.29, 1.82) is 0 Å². The Balaban J connectivity index is 1.67. The molecule has 1 saturated heterocycles. The van der Waals surface area contributed by atoms with E-state index in [0.717, 1.165) is 12.1 Å². The highest BCUT2D eigenvalue weighted by Gasteiger charge is 2.21. The van der Waals surface area contributed by atoms with Crippen LogP contribution >= 0.6 is 0 Å². The Labute approximate surface area is 131 Å². The van der Waals surface area contributed by atoms with Gasteiger partial charge in [-0.3, -0.25) is 0 Å². The van der Waals surface area contributed by atoms with E-state index in [2.05, 4.69) is 0 Å². The Morgan fingerprint density at radius 2 is 1.87 bits per heavy atom. The van der Waals surface area contributed by atoms with Crippen LogP contribution in [0.25, 0.3) is 0 Å². The van der Waals surface area contributed by atoms with Crippen LogP contribution in [-0.2, 0) is 6.61 Å². The predicted octanol–water partition coefficient (Wildman–Crippen LogP) is 3.25. The van der Waals surface area contributed by atoms with E-state index in [1.165, 1.54) is 18.2 Å². The zero-order chi connectivity index (χ0) is 16.4. The maximum atomic E-state index is 14.1. The average molecular weight is 323 g/mol. The lowest BCUT2D eigenvalue weighted by atomic mass is 10.2. The molecule has 1 atom stereocenters. The fourth-order valence-electron chi connectivity index (χ4n) is 2.57. The minimum absolute atomic E-state index is 0.0400. The van der Waals surface area contributed by atoms with Crippen LogP contribution in [0, 0.1) is 17.5 Å². The number of nitrogens with zero attached hydrogens (tertiary/aromatic N) is 1. The molecule has 6 heteroatoms. The van der Waals surface area contributed by atoms with Crippen molar-refractivity contribution < 1.29 is 23.0 Å². The van der Waals surface area contributed by atoms with Gasteiger partial charge in [0.15, 0.2) is 23.2 Å². The van der Waals surface area contributed by atoms with Crippen molar-refractivity contribution in [1.82, 2.24) is 0 Å². The molecule has 1 aliphatic rings. The first-order valence-electron chi connectivity index (χ1n) is 7.32. The van der Waals surface area contributed by atoms with Gasteiger partial charge in [-0.25, -0.2) is 13.2 Å². The smallest absolute Gasteiger partial charge is 0.167 e. The molecule has 3 nitrogen and oxygen atoms in total. The molecule has 0 unspecified atom stereocenters. The van der Waals surface area contributed by atoms with Gasteiger partial charge in [0.25, 0.3) is 0 Å². The number of hydrogen-bond donors (Lipinski definition) is 1. The summed E-state index contributed by atoms with van der Waals surface area (Å²) in [7, 11) is 0. The second kappa shape index (κ2) is 6.50. The van der Waals surface area contributed by atoms with Crippen LogP contribution < -0.4 is 9.64 Å². The van der Waals surface area contributed by atoms with Gasteiger partial charge >= 0.3 is 0 Å². The number of anilines is 1. The standard InChI is InChI=1S/C17H16F3NO2/c18-14-3-1-11(7-15(14)19)10-23-17-4-2-12(8-16(17)20)21-6-5-13(22)9-21/h1-4,7-8,13,22H,5-6,9-10H2/t13-/m1/s1. The molecule has 1 fully saturated rings. The molecule has 0 saturated carbocycles. The number of aliphatic hydroxyl groups is 1. The summed E-state index contributed by atoms with van der Waals surface area (Å²) >= 11 is 0. The largest absolute Gasteiger partial charge is 0.486 e. The topological polar surface area (TPSA) is 32.7 Å². The Kier molecular flexibility index (Phi) is 4.43. The minimum atomic E-state index is -0.963. The molecule has 23 heavy (non-hydrogen) atoms. The molecule has 0 bridgehead atoms. The van der Waals surface area contributed by atoms with Crippen LogP contribution in [0.2, 0.25) is 0 Å². The van der Waals surface area contributed by atoms with Crippen molar-refractivity contribution in [3.63, 3.8) is 0 Å². The first kappa shape index (κ1) is 15.7. The highest BCUT2D eigenvalue weighted by Crippen LogP contribution is 2.27. The van der Waals surface area contributed by atoms with Crippen LogP contribution in [0.1, 0.15) is 12.0 Å². The fraction of sp³-hybridized carbons (Fsp3) is 0.294. The van der Waals surface area contributed by atoms with Crippen molar-refractivity contribution >= 4 is 5.69 Å². The van der Waals surface area contributed by atoms with E-state index < -0.39 is 17.5 Å². The summed E-state index contributed by atoms with van der Waals surface area (Å²) in [6.45, 7) is 1.10. The summed E-state index contributed by atoms with van der Waals surface area (Å²) in [5.41, 5.74) is 1.09. The van der Waals surface area contributed by atoms with Crippen molar-refractivity contribution in [3.8, 4) is 5.75 Å². The molecule has 1 N–H and O–H groups in total. The molecule has 2 aromatic rings. The third-order valence-electron chi connectivity index (χ3n) is 3.82. The van der Waals surface area contributed by atoms with Gasteiger partial charge in [-0.1, -0.05) is 6.07 Å². The van der Waals surface area contributed by atoms with Gasteiger partial charge in [-0.15, -0.1) is 0 Å². The molecule has 0 aliphatic carbocycles. The minimum Gasteiger partial charge on any atom is -0.486 e. The van der Waals surface area contributed by atoms with Crippen molar-refractivity contribution in [2.24, 2.45) is 0 Å². The maximum absolute atomic E-state index is 14.1. The zero-order valence-corrected chi connectivity index (χ0v) is 12.3. The molecule has 3 rings (SSSR count). The van der Waals surface area contributed by atoms with Crippen molar-refractivity contribution in [2.45, 2.75) is 19.1 Å². The van der Waals surface area contributed by atoms with Crippen LogP contribution in [0.15, 0.2) is 36.4 Å². The molecule has 2 aromatic carbocycles. The molecular formula is C17H16F3NO2. The van der Waals surface area contributed by atoms with Gasteiger partial charge in [-0.05, 0) is 36.2 Å². The lowest BCUT2D eigenvalue weighted by Gasteiger charge is -2.18. The van der Waals surface area contributed by atoms with E-state index in [-0.39, 0.29) is 18.5 Å². The quantitative estimate of drug-likeness (QED) is 0.937.